The number of aromatic nitrogens is 1. The minimum absolute atomic E-state index is 0.199. The molecule has 1 aromatic heterocycles. The number of nitrogens with one attached hydrogen (secondary N) is 1. The van der Waals surface area contributed by atoms with E-state index >= 15 is 0 Å². The fraction of sp³-hybridized carbons (Fsp3) is 0.611. The van der Waals surface area contributed by atoms with E-state index in [-0.39, 0.29) is 17.4 Å². The second-order valence-electron chi connectivity index (χ2n) is 7.92. The Kier molecular flexibility index (Phi) is 3.34. The highest BCUT2D eigenvalue weighted by Gasteiger charge is 2.60. The highest BCUT2D eigenvalue weighted by atomic mass is 16.5. The van der Waals surface area contributed by atoms with E-state index < -0.39 is 5.41 Å². The van der Waals surface area contributed by atoms with Gasteiger partial charge in [0.2, 0.25) is 5.91 Å². The van der Waals surface area contributed by atoms with Gasteiger partial charge in [-0.3, -0.25) is 14.6 Å². The molecule has 1 heterocycles. The molecule has 0 radical (unpaired) electrons. The van der Waals surface area contributed by atoms with Crippen molar-refractivity contribution in [3.63, 3.8) is 0 Å². The lowest BCUT2D eigenvalue weighted by Crippen LogP contribution is -2.65. The Labute approximate surface area is 141 Å². The van der Waals surface area contributed by atoms with Crippen LogP contribution in [0.25, 0.3) is 0 Å². The first kappa shape index (κ1) is 15.4. The van der Waals surface area contributed by atoms with Crippen molar-refractivity contribution in [3.05, 3.63) is 24.0 Å². The molecule has 4 aliphatic carbocycles. The molecule has 4 saturated carbocycles. The molecule has 4 fully saturated rings. The van der Waals surface area contributed by atoms with E-state index in [0.29, 0.717) is 29.7 Å². The summed E-state index contributed by atoms with van der Waals surface area (Å²) >= 11 is 0. The number of rotatable bonds is 4. The molecule has 5 rings (SSSR count). The van der Waals surface area contributed by atoms with E-state index in [0.717, 1.165) is 32.1 Å². The van der Waals surface area contributed by atoms with Crippen LogP contribution < -0.4 is 15.8 Å². The van der Waals surface area contributed by atoms with Gasteiger partial charge in [-0.25, -0.2) is 0 Å². The van der Waals surface area contributed by atoms with Gasteiger partial charge in [-0.1, -0.05) is 0 Å². The SMILES string of the molecule is COc1ccnc(C(=O)NC23CC4CC(C2)CC(C(N)=O)(C4)C3)c1. The predicted molar refractivity (Wildman–Crippen MR) is 87.3 cm³/mol. The molecule has 0 aliphatic heterocycles. The highest BCUT2D eigenvalue weighted by Crippen LogP contribution is 2.61. The minimum Gasteiger partial charge on any atom is -0.497 e. The molecule has 0 saturated heterocycles. The first-order valence-corrected chi connectivity index (χ1v) is 8.56. The third-order valence-electron chi connectivity index (χ3n) is 6.16. The van der Waals surface area contributed by atoms with Crippen LogP contribution in [0.4, 0.5) is 0 Å². The van der Waals surface area contributed by atoms with Crippen molar-refractivity contribution in [2.75, 3.05) is 7.11 Å². The number of hydrogen-bond acceptors (Lipinski definition) is 4. The lowest BCUT2D eigenvalue weighted by Gasteiger charge is -2.61. The molecule has 128 valence electrons. The minimum atomic E-state index is -0.431. The van der Waals surface area contributed by atoms with Crippen LogP contribution in [-0.4, -0.2) is 29.4 Å². The Hall–Kier alpha value is -2.11. The van der Waals surface area contributed by atoms with E-state index in [4.69, 9.17) is 10.5 Å². The lowest BCUT2D eigenvalue weighted by atomic mass is 9.46. The molecule has 0 aromatic carbocycles. The third kappa shape index (κ3) is 2.36. The van der Waals surface area contributed by atoms with E-state index in [2.05, 4.69) is 10.3 Å². The summed E-state index contributed by atoms with van der Waals surface area (Å²) in [5.41, 5.74) is 5.35. The molecule has 1 aromatic rings. The molecule has 6 nitrogen and oxygen atoms in total. The van der Waals surface area contributed by atoms with Crippen molar-refractivity contribution in [1.29, 1.82) is 0 Å². The van der Waals surface area contributed by atoms with Gasteiger partial charge in [0.15, 0.2) is 0 Å². The standard InChI is InChI=1S/C18H23N3O3/c1-24-13-2-3-20-14(5-13)15(22)21-18-8-11-4-12(9-18)7-17(6-11,10-18)16(19)23/h2-3,5,11-12H,4,6-10H2,1H3,(H2,19,23)(H,21,22). The average molecular weight is 329 g/mol. The number of nitrogens with zero attached hydrogens (tertiary/aromatic N) is 1. The first-order chi connectivity index (χ1) is 11.4. The summed E-state index contributed by atoms with van der Waals surface area (Å²) in [5.74, 6) is 1.18. The quantitative estimate of drug-likeness (QED) is 0.878. The average Bonchev–Trinajstić information content (AvgIpc) is 2.53. The van der Waals surface area contributed by atoms with Gasteiger partial charge >= 0.3 is 0 Å². The predicted octanol–water partition coefficient (Wildman–Crippen LogP) is 1.64. The molecule has 2 unspecified atom stereocenters. The van der Waals surface area contributed by atoms with Gasteiger partial charge in [0.25, 0.3) is 5.91 Å². The zero-order valence-corrected chi connectivity index (χ0v) is 13.9. The number of hydrogen-bond donors (Lipinski definition) is 2. The summed E-state index contributed by atoms with van der Waals surface area (Å²) in [4.78, 5) is 29.0. The summed E-state index contributed by atoms with van der Waals surface area (Å²) in [6.07, 6.45) is 7.03. The van der Waals surface area contributed by atoms with Crippen LogP contribution in [0.15, 0.2) is 18.3 Å². The zero-order chi connectivity index (χ0) is 16.9. The van der Waals surface area contributed by atoms with Gasteiger partial charge in [0.1, 0.15) is 11.4 Å². The van der Waals surface area contributed by atoms with Gasteiger partial charge in [-0.15, -0.1) is 0 Å². The number of pyridine rings is 1. The second kappa shape index (κ2) is 5.19. The molecule has 4 bridgehead atoms. The number of methoxy groups -OCH3 is 1. The van der Waals surface area contributed by atoms with Gasteiger partial charge < -0.3 is 15.8 Å². The normalized spacial score (nSPS) is 36.4. The maximum Gasteiger partial charge on any atom is 0.270 e. The topological polar surface area (TPSA) is 94.3 Å². The molecule has 6 heteroatoms. The summed E-state index contributed by atoms with van der Waals surface area (Å²) < 4.78 is 5.17. The van der Waals surface area contributed by atoms with Crippen LogP contribution in [-0.2, 0) is 4.79 Å². The summed E-state index contributed by atoms with van der Waals surface area (Å²) in [5, 5.41) is 3.21. The molecule has 0 spiro atoms. The van der Waals surface area contributed by atoms with Crippen molar-refractivity contribution >= 4 is 11.8 Å². The number of carbonyl (C=O) groups excluding carboxylic acids is 2. The number of carbonyl (C=O) groups is 2. The molecule has 24 heavy (non-hydrogen) atoms. The fourth-order valence-electron chi connectivity index (χ4n) is 5.66. The Bertz CT molecular complexity index is 689. The molecular formula is C18H23N3O3. The third-order valence-corrected chi connectivity index (χ3v) is 6.16. The largest absolute Gasteiger partial charge is 0.497 e. The fourth-order valence-corrected chi connectivity index (χ4v) is 5.66. The Balaban J connectivity index is 1.59. The number of amides is 2. The zero-order valence-electron chi connectivity index (χ0n) is 13.9. The number of primary amides is 1. The summed E-state index contributed by atoms with van der Waals surface area (Å²) in [6.45, 7) is 0. The van der Waals surface area contributed by atoms with Crippen LogP contribution >= 0.6 is 0 Å². The van der Waals surface area contributed by atoms with E-state index in [1.807, 2.05) is 0 Å². The molecule has 3 N–H and O–H groups in total. The maximum atomic E-state index is 12.7. The van der Waals surface area contributed by atoms with Crippen LogP contribution in [0.5, 0.6) is 5.75 Å². The van der Waals surface area contributed by atoms with Gasteiger partial charge in [-0.2, -0.15) is 0 Å². The lowest BCUT2D eigenvalue weighted by molar-refractivity contribution is -0.146. The van der Waals surface area contributed by atoms with Crippen LogP contribution in [0.3, 0.4) is 0 Å². The first-order valence-electron chi connectivity index (χ1n) is 8.56. The molecule has 2 amide bonds. The van der Waals surface area contributed by atoms with Crippen LogP contribution in [0.1, 0.15) is 49.0 Å². The van der Waals surface area contributed by atoms with Crippen molar-refractivity contribution in [3.8, 4) is 5.75 Å². The maximum absolute atomic E-state index is 12.7. The number of ether oxygens (including phenoxy) is 1. The van der Waals surface area contributed by atoms with Crippen LogP contribution in [0.2, 0.25) is 0 Å². The summed E-state index contributed by atoms with van der Waals surface area (Å²) in [7, 11) is 1.56. The van der Waals surface area contributed by atoms with Crippen molar-refractivity contribution < 1.29 is 14.3 Å². The Morgan fingerprint density at radius 1 is 1.29 bits per heavy atom. The molecule has 4 aliphatic rings. The Morgan fingerprint density at radius 2 is 2.00 bits per heavy atom. The molecular weight excluding hydrogens is 306 g/mol. The second-order valence-corrected chi connectivity index (χ2v) is 7.92. The number of nitrogens with two attached hydrogens (primary N) is 1. The van der Waals surface area contributed by atoms with E-state index in [1.165, 1.54) is 0 Å². The van der Waals surface area contributed by atoms with Crippen LogP contribution in [0, 0.1) is 17.3 Å². The van der Waals surface area contributed by atoms with Gasteiger partial charge in [0, 0.05) is 17.8 Å². The van der Waals surface area contributed by atoms with Crippen molar-refractivity contribution in [1.82, 2.24) is 10.3 Å². The van der Waals surface area contributed by atoms with E-state index in [1.54, 1.807) is 25.4 Å². The summed E-state index contributed by atoms with van der Waals surface area (Å²) in [6, 6.07) is 3.35. The Morgan fingerprint density at radius 3 is 2.62 bits per heavy atom. The molecule has 2 atom stereocenters. The monoisotopic (exact) mass is 329 g/mol. The van der Waals surface area contributed by atoms with Crippen molar-refractivity contribution in [2.24, 2.45) is 23.0 Å². The van der Waals surface area contributed by atoms with E-state index in [9.17, 15) is 9.59 Å². The van der Waals surface area contributed by atoms with Gasteiger partial charge in [-0.05, 0) is 56.4 Å². The highest BCUT2D eigenvalue weighted by molar-refractivity contribution is 5.93. The van der Waals surface area contributed by atoms with Gasteiger partial charge in [0.05, 0.1) is 12.5 Å². The van der Waals surface area contributed by atoms with Crippen molar-refractivity contribution in [2.45, 2.75) is 44.1 Å². The smallest absolute Gasteiger partial charge is 0.270 e.